The van der Waals surface area contributed by atoms with Gasteiger partial charge in [0.2, 0.25) is 0 Å². The molecule has 0 bridgehead atoms. The lowest BCUT2D eigenvalue weighted by molar-refractivity contribution is 0.0548. The monoisotopic (exact) mass is 434 g/mol. The average molecular weight is 434 g/mol. The zero-order chi connectivity index (χ0) is 22.5. The zero-order valence-corrected chi connectivity index (χ0v) is 17.8. The van der Waals surface area contributed by atoms with Crippen molar-refractivity contribution in [3.63, 3.8) is 0 Å². The normalized spacial score (nSPS) is 16.1. The lowest BCUT2D eigenvalue weighted by Crippen LogP contribution is -2.40. The van der Waals surface area contributed by atoms with Crippen molar-refractivity contribution < 1.29 is 19.2 Å². The van der Waals surface area contributed by atoms with Crippen LogP contribution in [0.5, 0.6) is 0 Å². The molecule has 0 unspecified atom stereocenters. The minimum absolute atomic E-state index is 0.0460. The predicted molar refractivity (Wildman–Crippen MR) is 117 cm³/mol. The fourth-order valence-electron chi connectivity index (χ4n) is 4.26. The van der Waals surface area contributed by atoms with Gasteiger partial charge in [0, 0.05) is 37.1 Å². The van der Waals surface area contributed by atoms with Crippen LogP contribution in [0.15, 0.2) is 42.7 Å². The molecule has 1 aromatic carbocycles. The van der Waals surface area contributed by atoms with Gasteiger partial charge in [0.25, 0.3) is 23.6 Å². The molecule has 0 radical (unpaired) electrons. The first-order valence-corrected chi connectivity index (χ1v) is 11.0. The molecule has 8 heteroatoms. The van der Waals surface area contributed by atoms with Crippen LogP contribution < -0.4 is 10.6 Å². The molecule has 2 heterocycles. The maximum Gasteiger partial charge on any atom is 0.261 e. The van der Waals surface area contributed by atoms with E-state index >= 15 is 0 Å². The molecular formula is C24H26N4O4. The molecule has 2 aromatic rings. The quantitative estimate of drug-likeness (QED) is 0.514. The molecule has 1 aliphatic carbocycles. The van der Waals surface area contributed by atoms with Crippen LogP contribution >= 0.6 is 0 Å². The van der Waals surface area contributed by atoms with Gasteiger partial charge in [0.15, 0.2) is 0 Å². The smallest absolute Gasteiger partial charge is 0.261 e. The molecular weight excluding hydrogens is 408 g/mol. The van der Waals surface area contributed by atoms with Gasteiger partial charge in [-0.15, -0.1) is 0 Å². The van der Waals surface area contributed by atoms with E-state index in [9.17, 15) is 19.2 Å². The number of fused-ring (bicyclic) bond motifs is 1. The van der Waals surface area contributed by atoms with E-state index in [1.165, 1.54) is 17.2 Å². The maximum atomic E-state index is 12.9. The molecule has 4 rings (SSSR count). The van der Waals surface area contributed by atoms with Crippen LogP contribution in [-0.2, 0) is 0 Å². The SMILES string of the molecule is O=C(NCCCNC(=O)c1ccc2c(c1)C(=O)N(C1CCCCC1)C2=O)c1cccnc1. The van der Waals surface area contributed by atoms with Crippen LogP contribution in [0, 0.1) is 0 Å². The number of imide groups is 1. The number of rotatable bonds is 7. The average Bonchev–Trinajstić information content (AvgIpc) is 3.09. The number of benzene rings is 1. The molecule has 1 aliphatic heterocycles. The van der Waals surface area contributed by atoms with Crippen molar-refractivity contribution in [1.29, 1.82) is 0 Å². The third-order valence-corrected chi connectivity index (χ3v) is 5.97. The second-order valence-corrected chi connectivity index (χ2v) is 8.14. The van der Waals surface area contributed by atoms with Gasteiger partial charge >= 0.3 is 0 Å². The molecule has 0 spiro atoms. The lowest BCUT2D eigenvalue weighted by atomic mass is 9.94. The highest BCUT2D eigenvalue weighted by Crippen LogP contribution is 2.31. The van der Waals surface area contributed by atoms with E-state index < -0.39 is 0 Å². The van der Waals surface area contributed by atoms with Gasteiger partial charge in [-0.25, -0.2) is 0 Å². The minimum Gasteiger partial charge on any atom is -0.352 e. The summed E-state index contributed by atoms with van der Waals surface area (Å²) < 4.78 is 0. The second-order valence-electron chi connectivity index (χ2n) is 8.14. The highest BCUT2D eigenvalue weighted by atomic mass is 16.2. The highest BCUT2D eigenvalue weighted by molar-refractivity contribution is 6.22. The van der Waals surface area contributed by atoms with Gasteiger partial charge in [-0.05, 0) is 49.6 Å². The molecule has 1 fully saturated rings. The molecule has 1 aromatic heterocycles. The molecule has 1 saturated carbocycles. The summed E-state index contributed by atoms with van der Waals surface area (Å²) in [6.45, 7) is 0.770. The minimum atomic E-state index is -0.317. The maximum absolute atomic E-state index is 12.9. The van der Waals surface area contributed by atoms with Crippen molar-refractivity contribution in [3.05, 3.63) is 65.0 Å². The summed E-state index contributed by atoms with van der Waals surface area (Å²) in [6, 6.07) is 7.99. The number of carbonyl (C=O) groups is 4. The van der Waals surface area contributed by atoms with E-state index in [1.807, 2.05) is 0 Å². The molecule has 2 N–H and O–H groups in total. The third kappa shape index (κ3) is 4.54. The summed E-state index contributed by atoms with van der Waals surface area (Å²) in [4.78, 5) is 55.4. The number of nitrogens with zero attached hydrogens (tertiary/aromatic N) is 2. The van der Waals surface area contributed by atoms with E-state index in [0.29, 0.717) is 41.8 Å². The van der Waals surface area contributed by atoms with E-state index in [0.717, 1.165) is 32.1 Å². The van der Waals surface area contributed by atoms with Crippen LogP contribution in [0.1, 0.15) is 80.0 Å². The number of amides is 4. The Hall–Kier alpha value is -3.55. The summed E-state index contributed by atoms with van der Waals surface area (Å²) in [7, 11) is 0. The van der Waals surface area contributed by atoms with Crippen LogP contribution in [0.2, 0.25) is 0 Å². The summed E-state index contributed by atoms with van der Waals surface area (Å²) in [5.74, 6) is -1.09. The Morgan fingerprint density at radius 3 is 2.28 bits per heavy atom. The molecule has 32 heavy (non-hydrogen) atoms. The number of pyridine rings is 1. The van der Waals surface area contributed by atoms with Crippen molar-refractivity contribution in [3.8, 4) is 0 Å². The summed E-state index contributed by atoms with van der Waals surface area (Å²) in [5.41, 5.74) is 1.50. The van der Waals surface area contributed by atoms with Crippen molar-refractivity contribution in [1.82, 2.24) is 20.5 Å². The van der Waals surface area contributed by atoms with Gasteiger partial charge in [0.1, 0.15) is 0 Å². The van der Waals surface area contributed by atoms with Gasteiger partial charge in [-0.1, -0.05) is 19.3 Å². The molecule has 0 saturated heterocycles. The van der Waals surface area contributed by atoms with Crippen LogP contribution in [0.3, 0.4) is 0 Å². The summed E-state index contributed by atoms with van der Waals surface area (Å²) in [6.07, 6.45) is 8.51. The zero-order valence-electron chi connectivity index (χ0n) is 17.8. The van der Waals surface area contributed by atoms with Crippen molar-refractivity contribution in [2.75, 3.05) is 13.1 Å². The van der Waals surface area contributed by atoms with Crippen molar-refractivity contribution in [2.24, 2.45) is 0 Å². The van der Waals surface area contributed by atoms with Gasteiger partial charge in [-0.2, -0.15) is 0 Å². The molecule has 2 aliphatic rings. The van der Waals surface area contributed by atoms with Crippen LogP contribution in [0.4, 0.5) is 0 Å². The Bertz CT molecular complexity index is 1030. The fraction of sp³-hybridized carbons (Fsp3) is 0.375. The molecule has 166 valence electrons. The van der Waals surface area contributed by atoms with E-state index in [2.05, 4.69) is 15.6 Å². The number of hydrogen-bond donors (Lipinski definition) is 2. The molecule has 4 amide bonds. The van der Waals surface area contributed by atoms with Gasteiger partial charge < -0.3 is 10.6 Å². The van der Waals surface area contributed by atoms with E-state index in [1.54, 1.807) is 30.5 Å². The Morgan fingerprint density at radius 2 is 1.59 bits per heavy atom. The largest absolute Gasteiger partial charge is 0.352 e. The number of carbonyl (C=O) groups excluding carboxylic acids is 4. The second kappa shape index (κ2) is 9.72. The van der Waals surface area contributed by atoms with Crippen molar-refractivity contribution >= 4 is 23.6 Å². The predicted octanol–water partition coefficient (Wildman–Crippen LogP) is 2.56. The van der Waals surface area contributed by atoms with Gasteiger partial charge in [0.05, 0.1) is 16.7 Å². The van der Waals surface area contributed by atoms with Gasteiger partial charge in [-0.3, -0.25) is 29.1 Å². The van der Waals surface area contributed by atoms with E-state index in [4.69, 9.17) is 0 Å². The van der Waals surface area contributed by atoms with Crippen LogP contribution in [-0.4, -0.2) is 52.6 Å². The number of hydrogen-bond acceptors (Lipinski definition) is 5. The topological polar surface area (TPSA) is 108 Å². The standard InChI is InChI=1S/C24H26N4O4/c29-21(26-12-5-13-27-22(30)17-6-4-11-25-15-17)16-9-10-19-20(14-16)24(32)28(23(19)31)18-7-2-1-3-8-18/h4,6,9-11,14-15,18H,1-3,5,7-8,12-13H2,(H,26,29)(H,27,30). The van der Waals surface area contributed by atoms with Crippen LogP contribution in [0.25, 0.3) is 0 Å². The Balaban J connectivity index is 1.29. The van der Waals surface area contributed by atoms with E-state index in [-0.39, 0.29) is 29.7 Å². The Labute approximate surface area is 186 Å². The summed E-state index contributed by atoms with van der Waals surface area (Å²) in [5, 5.41) is 5.57. The lowest BCUT2D eigenvalue weighted by Gasteiger charge is -2.29. The molecule has 8 nitrogen and oxygen atoms in total. The first-order chi connectivity index (χ1) is 15.6. The number of aromatic nitrogens is 1. The first kappa shape index (κ1) is 21.7. The Morgan fingerprint density at radius 1 is 0.906 bits per heavy atom. The van der Waals surface area contributed by atoms with Crippen molar-refractivity contribution in [2.45, 2.75) is 44.6 Å². The third-order valence-electron chi connectivity index (χ3n) is 5.97. The number of nitrogens with one attached hydrogen (secondary N) is 2. The Kier molecular flexibility index (Phi) is 6.58. The summed E-state index contributed by atoms with van der Waals surface area (Å²) >= 11 is 0. The molecule has 0 atom stereocenters. The fourth-order valence-corrected chi connectivity index (χ4v) is 4.26. The first-order valence-electron chi connectivity index (χ1n) is 11.0. The highest BCUT2D eigenvalue weighted by Gasteiger charge is 2.40.